The van der Waals surface area contributed by atoms with Crippen LogP contribution in [0, 0.1) is 0 Å². The van der Waals surface area contributed by atoms with Crippen LogP contribution in [0.2, 0.25) is 0 Å². The fraction of sp³-hybridized carbons (Fsp3) is 0.200. The zero-order chi connectivity index (χ0) is 20.5. The van der Waals surface area contributed by atoms with Gasteiger partial charge < -0.3 is 14.8 Å². The van der Waals surface area contributed by atoms with E-state index in [0.717, 1.165) is 17.2 Å². The molecule has 0 fully saturated rings. The molecule has 0 spiro atoms. The van der Waals surface area contributed by atoms with Crippen molar-refractivity contribution in [2.75, 3.05) is 18.5 Å². The van der Waals surface area contributed by atoms with Crippen molar-refractivity contribution in [1.29, 1.82) is 0 Å². The Morgan fingerprint density at radius 1 is 1.03 bits per heavy atom. The molecule has 2 N–H and O–H groups in total. The van der Waals surface area contributed by atoms with E-state index in [1.54, 1.807) is 24.3 Å². The monoisotopic (exact) mass is 428 g/mol. The van der Waals surface area contributed by atoms with E-state index in [-0.39, 0.29) is 11.0 Å². The molecule has 0 bridgehead atoms. The van der Waals surface area contributed by atoms with Crippen LogP contribution in [0.15, 0.2) is 54.6 Å². The summed E-state index contributed by atoms with van der Waals surface area (Å²) in [6, 6.07) is 16.4. The van der Waals surface area contributed by atoms with Gasteiger partial charge in [0.2, 0.25) is 5.13 Å². The maximum Gasteiger partial charge on any atom is 0.261 e. The summed E-state index contributed by atoms with van der Waals surface area (Å²) in [6.07, 6.45) is 0.789. The Morgan fingerprint density at radius 3 is 2.52 bits per heavy atom. The first kappa shape index (κ1) is 20.7. The Kier molecular flexibility index (Phi) is 7.48. The zero-order valence-corrected chi connectivity index (χ0v) is 17.4. The summed E-state index contributed by atoms with van der Waals surface area (Å²) >= 11 is 6.58. The van der Waals surface area contributed by atoms with Crippen LogP contribution in [-0.4, -0.2) is 34.4 Å². The third kappa shape index (κ3) is 6.23. The molecule has 0 radical (unpaired) electrons. The minimum Gasteiger partial charge on any atom is -0.490 e. The van der Waals surface area contributed by atoms with Gasteiger partial charge in [0.25, 0.3) is 5.91 Å². The number of hydrogen-bond donors (Lipinski definition) is 2. The number of thiocarbonyl (C=S) groups is 1. The number of aryl methyl sites for hydroxylation is 1. The van der Waals surface area contributed by atoms with Crippen LogP contribution < -0.4 is 20.1 Å². The minimum atomic E-state index is -0.373. The highest BCUT2D eigenvalue weighted by molar-refractivity contribution is 7.80. The lowest BCUT2D eigenvalue weighted by atomic mass is 10.2. The number of ether oxygens (including phenoxy) is 2. The normalized spacial score (nSPS) is 10.2. The molecule has 2 aromatic carbocycles. The fourth-order valence-electron chi connectivity index (χ4n) is 2.35. The van der Waals surface area contributed by atoms with E-state index in [9.17, 15) is 4.79 Å². The second kappa shape index (κ2) is 10.5. The summed E-state index contributed by atoms with van der Waals surface area (Å²) < 4.78 is 11.3. The van der Waals surface area contributed by atoms with Crippen LogP contribution in [0.25, 0.3) is 0 Å². The minimum absolute atomic E-state index is 0.149. The molecule has 0 saturated carbocycles. The molecule has 3 aromatic rings. The number of carbonyl (C=O) groups is 1. The van der Waals surface area contributed by atoms with Crippen molar-refractivity contribution in [2.24, 2.45) is 0 Å². The largest absolute Gasteiger partial charge is 0.490 e. The van der Waals surface area contributed by atoms with Gasteiger partial charge in [-0.15, -0.1) is 10.2 Å². The number of amides is 1. The van der Waals surface area contributed by atoms with Gasteiger partial charge in [0.05, 0.1) is 5.56 Å². The summed E-state index contributed by atoms with van der Waals surface area (Å²) in [4.78, 5) is 12.6. The summed E-state index contributed by atoms with van der Waals surface area (Å²) in [5, 5.41) is 15.1. The van der Waals surface area contributed by atoms with Gasteiger partial charge in [-0.2, -0.15) is 0 Å². The molecule has 0 atom stereocenters. The number of rotatable bonds is 8. The summed E-state index contributed by atoms with van der Waals surface area (Å²) in [7, 11) is 0. The van der Waals surface area contributed by atoms with Gasteiger partial charge in [-0.05, 0) is 42.9 Å². The molecule has 0 aliphatic carbocycles. The third-order valence-corrected chi connectivity index (χ3v) is 4.89. The molecule has 1 aromatic heterocycles. The number of benzene rings is 2. The second-order valence-corrected chi connectivity index (χ2v) is 7.24. The van der Waals surface area contributed by atoms with E-state index in [2.05, 4.69) is 20.8 Å². The second-order valence-electron chi connectivity index (χ2n) is 5.77. The smallest absolute Gasteiger partial charge is 0.261 e. The van der Waals surface area contributed by atoms with E-state index in [1.165, 1.54) is 11.3 Å². The standard InChI is InChI=1S/C20H20N4O3S2/c1-2-17-23-24-20(29-17)22-19(28)21-18(25)15-10-6-7-11-16(15)27-13-12-26-14-8-4-3-5-9-14/h3-11H,2,12-13H2,1H3,(H2,21,22,24,25,28). The van der Waals surface area contributed by atoms with E-state index in [0.29, 0.717) is 29.7 Å². The van der Waals surface area contributed by atoms with Crippen LogP contribution in [0.5, 0.6) is 11.5 Å². The van der Waals surface area contributed by atoms with Gasteiger partial charge in [0.15, 0.2) is 5.11 Å². The third-order valence-electron chi connectivity index (χ3n) is 3.70. The Labute approximate surface area is 178 Å². The molecular formula is C20H20N4O3S2. The maximum absolute atomic E-state index is 12.6. The molecule has 1 heterocycles. The lowest BCUT2D eigenvalue weighted by Gasteiger charge is -2.12. The van der Waals surface area contributed by atoms with E-state index >= 15 is 0 Å². The summed E-state index contributed by atoms with van der Waals surface area (Å²) in [5.41, 5.74) is 0.378. The predicted molar refractivity (Wildman–Crippen MR) is 117 cm³/mol. The Hall–Kier alpha value is -3.04. The maximum atomic E-state index is 12.6. The average Bonchev–Trinajstić information content (AvgIpc) is 3.19. The van der Waals surface area contributed by atoms with E-state index in [1.807, 2.05) is 37.3 Å². The van der Waals surface area contributed by atoms with Crippen molar-refractivity contribution in [3.8, 4) is 11.5 Å². The van der Waals surface area contributed by atoms with Crippen LogP contribution in [0.3, 0.4) is 0 Å². The number of para-hydroxylation sites is 2. The van der Waals surface area contributed by atoms with Crippen molar-refractivity contribution in [3.63, 3.8) is 0 Å². The number of nitrogens with one attached hydrogen (secondary N) is 2. The highest BCUT2D eigenvalue weighted by Crippen LogP contribution is 2.19. The van der Waals surface area contributed by atoms with Crippen molar-refractivity contribution < 1.29 is 14.3 Å². The van der Waals surface area contributed by atoms with Crippen LogP contribution >= 0.6 is 23.6 Å². The number of carbonyl (C=O) groups excluding carboxylic acids is 1. The Morgan fingerprint density at radius 2 is 1.76 bits per heavy atom. The van der Waals surface area contributed by atoms with Gasteiger partial charge in [-0.25, -0.2) is 0 Å². The number of nitrogens with zero attached hydrogens (tertiary/aromatic N) is 2. The highest BCUT2D eigenvalue weighted by Gasteiger charge is 2.14. The fourth-order valence-corrected chi connectivity index (χ4v) is 3.29. The van der Waals surface area contributed by atoms with Crippen molar-refractivity contribution in [1.82, 2.24) is 15.5 Å². The first-order valence-electron chi connectivity index (χ1n) is 9.00. The Bertz CT molecular complexity index is 963. The zero-order valence-electron chi connectivity index (χ0n) is 15.8. The number of aromatic nitrogens is 2. The van der Waals surface area contributed by atoms with Gasteiger partial charge in [0.1, 0.15) is 29.7 Å². The Balaban J connectivity index is 1.52. The first-order chi connectivity index (χ1) is 14.2. The molecule has 0 aliphatic heterocycles. The van der Waals surface area contributed by atoms with E-state index in [4.69, 9.17) is 21.7 Å². The van der Waals surface area contributed by atoms with Gasteiger partial charge in [-0.1, -0.05) is 48.6 Å². The molecule has 1 amide bonds. The SMILES string of the molecule is CCc1nnc(NC(=S)NC(=O)c2ccccc2OCCOc2ccccc2)s1. The van der Waals surface area contributed by atoms with Crippen LogP contribution in [0.1, 0.15) is 22.3 Å². The van der Waals surface area contributed by atoms with Gasteiger partial charge in [0, 0.05) is 0 Å². The number of hydrogen-bond acceptors (Lipinski definition) is 7. The number of anilines is 1. The molecule has 3 rings (SSSR count). The molecule has 9 heteroatoms. The first-order valence-corrected chi connectivity index (χ1v) is 10.2. The quantitative estimate of drug-likeness (QED) is 0.418. The van der Waals surface area contributed by atoms with Crippen molar-refractivity contribution in [3.05, 3.63) is 65.2 Å². The average molecular weight is 429 g/mol. The molecule has 150 valence electrons. The lowest BCUT2D eigenvalue weighted by molar-refractivity contribution is 0.0972. The molecule has 0 aliphatic rings. The lowest BCUT2D eigenvalue weighted by Crippen LogP contribution is -2.34. The van der Waals surface area contributed by atoms with Gasteiger partial charge >= 0.3 is 0 Å². The molecule has 29 heavy (non-hydrogen) atoms. The van der Waals surface area contributed by atoms with Crippen molar-refractivity contribution >= 4 is 39.7 Å². The topological polar surface area (TPSA) is 85.4 Å². The van der Waals surface area contributed by atoms with Crippen LogP contribution in [-0.2, 0) is 6.42 Å². The summed E-state index contributed by atoms with van der Waals surface area (Å²) in [6.45, 7) is 2.65. The van der Waals surface area contributed by atoms with Crippen LogP contribution in [0.4, 0.5) is 5.13 Å². The van der Waals surface area contributed by atoms with E-state index < -0.39 is 0 Å². The molecule has 0 unspecified atom stereocenters. The molecular weight excluding hydrogens is 408 g/mol. The van der Waals surface area contributed by atoms with Crippen molar-refractivity contribution in [2.45, 2.75) is 13.3 Å². The summed E-state index contributed by atoms with van der Waals surface area (Å²) in [5.74, 6) is 0.845. The molecule has 0 saturated heterocycles. The molecule has 7 nitrogen and oxygen atoms in total. The van der Waals surface area contributed by atoms with Gasteiger partial charge in [-0.3, -0.25) is 10.1 Å². The highest BCUT2D eigenvalue weighted by atomic mass is 32.1. The predicted octanol–water partition coefficient (Wildman–Crippen LogP) is 3.69.